The Morgan fingerprint density at radius 1 is 0.909 bits per heavy atom. The highest BCUT2D eigenvalue weighted by molar-refractivity contribution is 5.95. The Morgan fingerprint density at radius 3 is 2.41 bits per heavy atom. The van der Waals surface area contributed by atoms with E-state index in [4.69, 9.17) is 4.74 Å². The molecule has 0 spiro atoms. The van der Waals surface area contributed by atoms with Crippen LogP contribution in [0.2, 0.25) is 0 Å². The van der Waals surface area contributed by atoms with Gasteiger partial charge in [0.25, 0.3) is 0 Å². The summed E-state index contributed by atoms with van der Waals surface area (Å²) >= 11 is 0. The number of hydrogen-bond donors (Lipinski definition) is 0. The molecule has 0 fully saturated rings. The smallest absolute Gasteiger partial charge is 0.343 e. The van der Waals surface area contributed by atoms with Crippen molar-refractivity contribution >= 4 is 16.7 Å². The molecule has 0 atom stereocenters. The molecular weight excluding hydrogens is 272 g/mol. The Morgan fingerprint density at radius 2 is 1.64 bits per heavy atom. The summed E-state index contributed by atoms with van der Waals surface area (Å²) in [4.78, 5) is 12.3. The summed E-state index contributed by atoms with van der Waals surface area (Å²) < 4.78 is 5.57. The molecule has 0 saturated carbocycles. The van der Waals surface area contributed by atoms with Gasteiger partial charge in [0, 0.05) is 5.39 Å². The molecule has 2 heteroatoms. The highest BCUT2D eigenvalue weighted by Crippen LogP contribution is 2.26. The molecule has 0 unspecified atom stereocenters. The third-order valence-corrected chi connectivity index (χ3v) is 3.68. The molecule has 0 radical (unpaired) electrons. The first kappa shape index (κ1) is 14.3. The van der Waals surface area contributed by atoms with Gasteiger partial charge in [-0.25, -0.2) is 4.79 Å². The van der Waals surface area contributed by atoms with Crippen molar-refractivity contribution in [3.8, 4) is 5.75 Å². The van der Waals surface area contributed by atoms with Crippen LogP contribution in [0.3, 0.4) is 0 Å². The predicted octanol–water partition coefficient (Wildman–Crippen LogP) is 5.01. The summed E-state index contributed by atoms with van der Waals surface area (Å²) in [5.41, 5.74) is 1.82. The van der Waals surface area contributed by atoms with Crippen molar-refractivity contribution in [3.63, 3.8) is 0 Å². The minimum absolute atomic E-state index is 0.320. The number of aryl methyl sites for hydroxylation is 1. The molecule has 0 saturated heterocycles. The van der Waals surface area contributed by atoms with E-state index in [1.807, 2.05) is 66.7 Å². The molecular formula is C20H18O2. The quantitative estimate of drug-likeness (QED) is 0.498. The molecule has 0 bridgehead atoms. The first-order valence-corrected chi connectivity index (χ1v) is 7.57. The van der Waals surface area contributed by atoms with Crippen LogP contribution < -0.4 is 4.74 Å². The molecule has 3 aromatic carbocycles. The van der Waals surface area contributed by atoms with Gasteiger partial charge >= 0.3 is 5.97 Å². The molecule has 0 aliphatic rings. The van der Waals surface area contributed by atoms with Crippen LogP contribution in [0.1, 0.15) is 29.3 Å². The van der Waals surface area contributed by atoms with Gasteiger partial charge in [-0.3, -0.25) is 0 Å². The topological polar surface area (TPSA) is 26.3 Å². The maximum absolute atomic E-state index is 12.3. The van der Waals surface area contributed by atoms with E-state index >= 15 is 0 Å². The van der Waals surface area contributed by atoms with Crippen molar-refractivity contribution in [2.45, 2.75) is 19.8 Å². The van der Waals surface area contributed by atoms with Gasteiger partial charge < -0.3 is 4.74 Å². The molecule has 0 amide bonds. The standard InChI is InChI=1S/C20H18O2/c1-2-6-15-11-13-17(14-12-15)20(21)22-19-10-5-8-16-7-3-4-9-18(16)19/h3-5,7-14H,2,6H2,1H3. The van der Waals surface area contributed by atoms with Gasteiger partial charge in [0.2, 0.25) is 0 Å². The zero-order valence-corrected chi connectivity index (χ0v) is 12.6. The van der Waals surface area contributed by atoms with Crippen LogP contribution in [0.4, 0.5) is 0 Å². The van der Waals surface area contributed by atoms with Gasteiger partial charge in [-0.05, 0) is 35.6 Å². The minimum atomic E-state index is -0.320. The van der Waals surface area contributed by atoms with Gasteiger partial charge in [0.15, 0.2) is 0 Å². The minimum Gasteiger partial charge on any atom is -0.422 e. The fourth-order valence-corrected chi connectivity index (χ4v) is 2.54. The number of ether oxygens (including phenoxy) is 1. The van der Waals surface area contributed by atoms with Crippen LogP contribution in [0.25, 0.3) is 10.8 Å². The number of fused-ring (bicyclic) bond motifs is 1. The van der Waals surface area contributed by atoms with Crippen LogP contribution >= 0.6 is 0 Å². The van der Waals surface area contributed by atoms with E-state index in [2.05, 4.69) is 6.92 Å². The highest BCUT2D eigenvalue weighted by atomic mass is 16.5. The molecule has 0 aliphatic heterocycles. The molecule has 0 aliphatic carbocycles. The number of rotatable bonds is 4. The Bertz CT molecular complexity index is 783. The summed E-state index contributed by atoms with van der Waals surface area (Å²) in [5, 5.41) is 2.01. The SMILES string of the molecule is CCCc1ccc(C(=O)Oc2cccc3ccccc23)cc1. The Labute approximate surface area is 130 Å². The second-order valence-corrected chi connectivity index (χ2v) is 5.31. The first-order valence-electron chi connectivity index (χ1n) is 7.57. The zero-order valence-electron chi connectivity index (χ0n) is 12.6. The van der Waals surface area contributed by atoms with Crippen molar-refractivity contribution in [2.24, 2.45) is 0 Å². The lowest BCUT2D eigenvalue weighted by molar-refractivity contribution is 0.0737. The number of hydrogen-bond acceptors (Lipinski definition) is 2. The van der Waals surface area contributed by atoms with Crippen LogP contribution in [0.15, 0.2) is 66.7 Å². The third-order valence-electron chi connectivity index (χ3n) is 3.68. The van der Waals surface area contributed by atoms with Gasteiger partial charge in [-0.15, -0.1) is 0 Å². The zero-order chi connectivity index (χ0) is 15.4. The van der Waals surface area contributed by atoms with Crippen molar-refractivity contribution in [1.29, 1.82) is 0 Å². The fourth-order valence-electron chi connectivity index (χ4n) is 2.54. The Hall–Kier alpha value is -2.61. The van der Waals surface area contributed by atoms with Gasteiger partial charge in [-0.1, -0.05) is 61.9 Å². The van der Waals surface area contributed by atoms with E-state index in [0.29, 0.717) is 11.3 Å². The van der Waals surface area contributed by atoms with Crippen LogP contribution in [-0.2, 0) is 6.42 Å². The van der Waals surface area contributed by atoms with Crippen LogP contribution in [-0.4, -0.2) is 5.97 Å². The van der Waals surface area contributed by atoms with E-state index in [1.165, 1.54) is 5.56 Å². The predicted molar refractivity (Wildman–Crippen MR) is 89.3 cm³/mol. The van der Waals surface area contributed by atoms with Crippen molar-refractivity contribution in [3.05, 3.63) is 77.9 Å². The second-order valence-electron chi connectivity index (χ2n) is 5.31. The largest absolute Gasteiger partial charge is 0.422 e. The van der Waals surface area contributed by atoms with E-state index in [-0.39, 0.29) is 5.97 Å². The normalized spacial score (nSPS) is 10.6. The van der Waals surface area contributed by atoms with Crippen molar-refractivity contribution in [2.75, 3.05) is 0 Å². The van der Waals surface area contributed by atoms with Crippen molar-refractivity contribution in [1.82, 2.24) is 0 Å². The lowest BCUT2D eigenvalue weighted by atomic mass is 10.1. The molecule has 3 rings (SSSR count). The molecule has 2 nitrogen and oxygen atoms in total. The van der Waals surface area contributed by atoms with Gasteiger partial charge in [0.1, 0.15) is 5.75 Å². The molecule has 3 aromatic rings. The Kier molecular flexibility index (Phi) is 4.19. The second kappa shape index (κ2) is 6.44. The average Bonchev–Trinajstić information content (AvgIpc) is 2.56. The maximum Gasteiger partial charge on any atom is 0.343 e. The number of carbonyl (C=O) groups is 1. The van der Waals surface area contributed by atoms with Gasteiger partial charge in [0.05, 0.1) is 5.56 Å². The highest BCUT2D eigenvalue weighted by Gasteiger charge is 2.10. The molecule has 110 valence electrons. The fraction of sp³-hybridized carbons (Fsp3) is 0.150. The van der Waals surface area contributed by atoms with Crippen LogP contribution in [0.5, 0.6) is 5.75 Å². The molecule has 0 aromatic heterocycles. The lowest BCUT2D eigenvalue weighted by Gasteiger charge is -2.08. The number of esters is 1. The summed E-state index contributed by atoms with van der Waals surface area (Å²) in [6.45, 7) is 2.14. The summed E-state index contributed by atoms with van der Waals surface area (Å²) in [5.74, 6) is 0.278. The Balaban J connectivity index is 1.83. The van der Waals surface area contributed by atoms with Crippen molar-refractivity contribution < 1.29 is 9.53 Å². The molecule has 22 heavy (non-hydrogen) atoms. The van der Waals surface area contributed by atoms with E-state index in [0.717, 1.165) is 23.6 Å². The molecule has 0 heterocycles. The lowest BCUT2D eigenvalue weighted by Crippen LogP contribution is -2.08. The van der Waals surface area contributed by atoms with E-state index in [1.54, 1.807) is 0 Å². The van der Waals surface area contributed by atoms with E-state index in [9.17, 15) is 4.79 Å². The number of benzene rings is 3. The number of carbonyl (C=O) groups excluding carboxylic acids is 1. The third kappa shape index (κ3) is 3.01. The van der Waals surface area contributed by atoms with Crippen LogP contribution in [0, 0.1) is 0 Å². The first-order chi connectivity index (χ1) is 10.8. The summed E-state index contributed by atoms with van der Waals surface area (Å²) in [6.07, 6.45) is 2.12. The molecule has 0 N–H and O–H groups in total. The summed E-state index contributed by atoms with van der Waals surface area (Å²) in [6, 6.07) is 21.3. The van der Waals surface area contributed by atoms with E-state index < -0.39 is 0 Å². The summed E-state index contributed by atoms with van der Waals surface area (Å²) in [7, 11) is 0. The monoisotopic (exact) mass is 290 g/mol. The maximum atomic E-state index is 12.3. The van der Waals surface area contributed by atoms with Gasteiger partial charge in [-0.2, -0.15) is 0 Å². The average molecular weight is 290 g/mol.